The second kappa shape index (κ2) is 12.0. The highest BCUT2D eigenvalue weighted by atomic mass is 32.1. The number of hydrogen-bond acceptors (Lipinski definition) is 1. The number of allylic oxidation sites excluding steroid dienone is 11. The Morgan fingerprint density at radius 1 is 0.755 bits per heavy atom. The molecule has 3 unspecified atom stereocenters. The maximum absolute atomic E-state index is 6.06. The van der Waals surface area contributed by atoms with Crippen molar-refractivity contribution in [1.82, 2.24) is 8.97 Å². The summed E-state index contributed by atoms with van der Waals surface area (Å²) in [7, 11) is 9.46. The Hall–Kier alpha value is -4.15. The van der Waals surface area contributed by atoms with Crippen molar-refractivity contribution in [2.75, 3.05) is 28.2 Å². The second-order valence-electron chi connectivity index (χ2n) is 15.5. The first-order valence-electron chi connectivity index (χ1n) is 18.0. The lowest BCUT2D eigenvalue weighted by molar-refractivity contribution is 0.341. The summed E-state index contributed by atoms with van der Waals surface area (Å²) in [5, 5.41) is 5.43. The van der Waals surface area contributed by atoms with E-state index in [-0.39, 0.29) is 0 Å². The van der Waals surface area contributed by atoms with Gasteiger partial charge >= 0.3 is 0 Å². The monoisotopic (exact) mass is 660 g/mol. The van der Waals surface area contributed by atoms with Crippen LogP contribution in [0.25, 0.3) is 21.5 Å². The molecule has 2 aliphatic carbocycles. The van der Waals surface area contributed by atoms with Gasteiger partial charge in [-0.1, -0.05) is 98.1 Å². The molecule has 2 aliphatic heterocycles. The van der Waals surface area contributed by atoms with Crippen LogP contribution in [0, 0.1) is 0 Å². The van der Waals surface area contributed by atoms with E-state index in [0.717, 1.165) is 39.5 Å². The minimum atomic E-state index is 0.336. The predicted molar refractivity (Wildman–Crippen MR) is 216 cm³/mol. The van der Waals surface area contributed by atoms with E-state index >= 15 is 0 Å². The van der Waals surface area contributed by atoms with Crippen LogP contribution >= 0.6 is 12.2 Å². The topological polar surface area (TPSA) is 0 Å². The molecule has 0 fully saturated rings. The van der Waals surface area contributed by atoms with Crippen molar-refractivity contribution in [3.05, 3.63) is 154 Å². The van der Waals surface area contributed by atoms with Gasteiger partial charge in [0.05, 0.1) is 34.1 Å². The van der Waals surface area contributed by atoms with Crippen molar-refractivity contribution in [2.45, 2.75) is 57.4 Å². The van der Waals surface area contributed by atoms with Crippen LogP contribution in [0.2, 0.25) is 0 Å². The maximum Gasteiger partial charge on any atom is 0.141 e. The average molecular weight is 661 g/mol. The van der Waals surface area contributed by atoms with Crippen molar-refractivity contribution in [2.24, 2.45) is 0 Å². The van der Waals surface area contributed by atoms with Gasteiger partial charge in [-0.2, -0.15) is 0 Å². The van der Waals surface area contributed by atoms with Crippen LogP contribution in [-0.4, -0.2) is 39.1 Å². The van der Waals surface area contributed by atoms with Crippen molar-refractivity contribution < 1.29 is 0 Å². The number of quaternary nitrogens is 2. The largest absolute Gasteiger partial charge is 0.290 e. The minimum absolute atomic E-state index is 0.336. The maximum atomic E-state index is 6.06. The number of benzene rings is 4. The molecule has 2 nitrogen and oxygen atoms in total. The normalized spacial score (nSPS) is 26.0. The third-order valence-electron chi connectivity index (χ3n) is 12.1. The van der Waals surface area contributed by atoms with Crippen molar-refractivity contribution in [3.63, 3.8) is 0 Å². The zero-order valence-electron chi connectivity index (χ0n) is 29.8. The molecule has 0 bridgehead atoms. The molecule has 0 aromatic heterocycles. The SMILES string of the molecule is CC1C(=CC=C2CCCC(C=CC3C(C)c4c(ccc5ccccc45)[N+]3(C)C)=C2C2=CC=CCC2=S)[N+](C)(C)c2ccc3ccccc3c21. The van der Waals surface area contributed by atoms with Gasteiger partial charge in [0, 0.05) is 40.5 Å². The van der Waals surface area contributed by atoms with E-state index in [2.05, 4.69) is 157 Å². The molecule has 4 aliphatic rings. The van der Waals surface area contributed by atoms with E-state index in [1.54, 1.807) is 0 Å². The lowest BCUT2D eigenvalue weighted by atomic mass is 9.80. The van der Waals surface area contributed by atoms with Crippen LogP contribution in [0.5, 0.6) is 0 Å². The number of fused-ring (bicyclic) bond motifs is 6. The summed E-state index contributed by atoms with van der Waals surface area (Å²) in [6, 6.07) is 27.4. The summed E-state index contributed by atoms with van der Waals surface area (Å²) in [5.41, 5.74) is 12.7. The summed E-state index contributed by atoms with van der Waals surface area (Å²) < 4.78 is 1.64. The smallest absolute Gasteiger partial charge is 0.141 e. The van der Waals surface area contributed by atoms with Gasteiger partial charge in [-0.15, -0.1) is 0 Å². The number of thiocarbonyl (C=S) groups is 1. The first kappa shape index (κ1) is 32.1. The van der Waals surface area contributed by atoms with Gasteiger partial charge < -0.3 is 0 Å². The number of rotatable bonds is 4. The van der Waals surface area contributed by atoms with Gasteiger partial charge in [-0.3, -0.25) is 8.97 Å². The molecule has 49 heavy (non-hydrogen) atoms. The lowest BCUT2D eigenvalue weighted by Crippen LogP contribution is -2.46. The van der Waals surface area contributed by atoms with Crippen LogP contribution in [0.15, 0.2) is 143 Å². The minimum Gasteiger partial charge on any atom is -0.290 e. The Bertz CT molecular complexity index is 2230. The average Bonchev–Trinajstić information content (AvgIpc) is 3.43. The van der Waals surface area contributed by atoms with Crippen LogP contribution in [-0.2, 0) is 0 Å². The zero-order chi connectivity index (χ0) is 34.1. The van der Waals surface area contributed by atoms with E-state index in [1.807, 2.05) is 0 Å². The molecule has 8 rings (SSSR count). The number of nitrogens with zero attached hydrogens (tertiary/aromatic N) is 2. The van der Waals surface area contributed by atoms with Gasteiger partial charge in [0.1, 0.15) is 23.1 Å². The summed E-state index contributed by atoms with van der Waals surface area (Å²) in [4.78, 5) is 1.05. The fourth-order valence-electron chi connectivity index (χ4n) is 9.64. The highest BCUT2D eigenvalue weighted by Crippen LogP contribution is 2.51. The fraction of sp³-hybridized carbons (Fsp3) is 0.283. The molecule has 2 heterocycles. The molecule has 4 aromatic carbocycles. The summed E-state index contributed by atoms with van der Waals surface area (Å²) in [6.07, 6.45) is 20.7. The molecule has 0 spiro atoms. The molecule has 246 valence electrons. The van der Waals surface area contributed by atoms with Gasteiger partial charge in [0.15, 0.2) is 0 Å². The van der Waals surface area contributed by atoms with E-state index in [9.17, 15) is 0 Å². The Balaban J connectivity index is 1.21. The molecule has 0 N–H and O–H groups in total. The highest BCUT2D eigenvalue weighted by molar-refractivity contribution is 7.80. The highest BCUT2D eigenvalue weighted by Gasteiger charge is 2.45. The first-order chi connectivity index (χ1) is 23.6. The molecular formula is C46H48N2S+2. The molecule has 4 aromatic rings. The van der Waals surface area contributed by atoms with Gasteiger partial charge in [0.2, 0.25) is 0 Å². The fourth-order valence-corrected chi connectivity index (χ4v) is 9.90. The number of likely N-dealkylation sites (N-methyl/N-ethyl adjacent to an activating group) is 2. The first-order valence-corrected chi connectivity index (χ1v) is 18.5. The Morgan fingerprint density at radius 2 is 1.43 bits per heavy atom. The van der Waals surface area contributed by atoms with Crippen molar-refractivity contribution in [3.8, 4) is 0 Å². The predicted octanol–water partition coefficient (Wildman–Crippen LogP) is 11.5. The Kier molecular flexibility index (Phi) is 7.87. The quantitative estimate of drug-likeness (QED) is 0.155. The standard InChI is InChI=1S/C46H48N2S/c1-30-39(47(3,4)41-28-22-32-14-7-9-18-36(32)44(30)41)26-24-34-16-13-17-35(46(34)38-20-11-12-21-43(38)49)25-27-40-31(2)45-37-19-10-8-15-33(37)23-29-42(45)48(40,5)6/h7-12,14-15,18-20,22-31,39H,13,16-17,21H2,1-6H3/q+2. The Labute approximate surface area is 297 Å². The van der Waals surface area contributed by atoms with Gasteiger partial charge in [-0.25, -0.2) is 0 Å². The third kappa shape index (κ3) is 5.09. The molecule has 3 atom stereocenters. The summed E-state index contributed by atoms with van der Waals surface area (Å²) in [6.45, 7) is 4.82. The summed E-state index contributed by atoms with van der Waals surface area (Å²) >= 11 is 6.06. The van der Waals surface area contributed by atoms with E-state index in [0.29, 0.717) is 17.9 Å². The molecule has 0 amide bonds. The lowest BCUT2D eigenvalue weighted by Gasteiger charge is -2.32. The van der Waals surface area contributed by atoms with Crippen molar-refractivity contribution in [1.29, 1.82) is 0 Å². The molecule has 0 saturated carbocycles. The van der Waals surface area contributed by atoms with Crippen molar-refractivity contribution >= 4 is 50.0 Å². The van der Waals surface area contributed by atoms with E-state index in [4.69, 9.17) is 12.2 Å². The zero-order valence-corrected chi connectivity index (χ0v) is 30.6. The van der Waals surface area contributed by atoms with Gasteiger partial charge in [0.25, 0.3) is 0 Å². The van der Waals surface area contributed by atoms with E-state index in [1.165, 1.54) is 72.0 Å². The Morgan fingerprint density at radius 3 is 2.14 bits per heavy atom. The van der Waals surface area contributed by atoms with Crippen LogP contribution in [0.1, 0.15) is 62.5 Å². The van der Waals surface area contributed by atoms with Crippen LogP contribution in [0.4, 0.5) is 11.4 Å². The van der Waals surface area contributed by atoms with E-state index < -0.39 is 0 Å². The van der Waals surface area contributed by atoms with Crippen LogP contribution < -0.4 is 8.97 Å². The third-order valence-corrected chi connectivity index (χ3v) is 12.5. The molecule has 0 saturated heterocycles. The second-order valence-corrected chi connectivity index (χ2v) is 16.0. The van der Waals surface area contributed by atoms with Gasteiger partial charge in [-0.05, 0) is 94.3 Å². The number of hydrogen-bond donors (Lipinski definition) is 0. The molecule has 0 radical (unpaired) electrons. The molecule has 3 heteroatoms. The molecular weight excluding hydrogens is 613 g/mol. The summed E-state index contributed by atoms with van der Waals surface area (Å²) in [5.74, 6) is 0.752. The van der Waals surface area contributed by atoms with Crippen LogP contribution in [0.3, 0.4) is 0 Å².